The van der Waals surface area contributed by atoms with Gasteiger partial charge in [-0.2, -0.15) is 0 Å². The van der Waals surface area contributed by atoms with Gasteiger partial charge in [0.05, 0.1) is 6.61 Å². The van der Waals surface area contributed by atoms with Crippen molar-refractivity contribution < 1.29 is 4.74 Å². The maximum atomic E-state index is 5.81. The summed E-state index contributed by atoms with van der Waals surface area (Å²) in [5.41, 5.74) is 1.38. The van der Waals surface area contributed by atoms with Crippen LogP contribution in [-0.4, -0.2) is 62.7 Å². The van der Waals surface area contributed by atoms with E-state index >= 15 is 0 Å². The van der Waals surface area contributed by atoms with Crippen LogP contribution in [0.3, 0.4) is 0 Å². The maximum absolute atomic E-state index is 5.81. The van der Waals surface area contributed by atoms with Gasteiger partial charge in [-0.3, -0.25) is 4.90 Å². The zero-order valence-electron chi connectivity index (χ0n) is 15.4. The molecule has 0 aromatic heterocycles. The van der Waals surface area contributed by atoms with Crippen LogP contribution in [0.1, 0.15) is 32.4 Å². The minimum absolute atomic E-state index is 0.439. The smallest absolute Gasteiger partial charge is 0.119 e. The molecule has 1 aliphatic heterocycles. The molecule has 2 rings (SSSR count). The van der Waals surface area contributed by atoms with Gasteiger partial charge < -0.3 is 15.0 Å². The summed E-state index contributed by atoms with van der Waals surface area (Å²) < 4.78 is 5.81. The molecule has 0 bridgehead atoms. The lowest BCUT2D eigenvalue weighted by atomic mass is 10.0. The summed E-state index contributed by atoms with van der Waals surface area (Å²) in [4.78, 5) is 4.88. The average molecular weight is 319 g/mol. The number of hydrogen-bond donors (Lipinski definition) is 1. The Balaban J connectivity index is 2.08. The fourth-order valence-electron chi connectivity index (χ4n) is 3.07. The first-order chi connectivity index (χ1) is 11.0. The van der Waals surface area contributed by atoms with Gasteiger partial charge in [-0.1, -0.05) is 26.0 Å². The number of likely N-dealkylation sites (N-methyl/N-ethyl adjacent to an activating group) is 1. The van der Waals surface area contributed by atoms with E-state index in [9.17, 15) is 0 Å². The summed E-state index contributed by atoms with van der Waals surface area (Å²) in [7, 11) is 4.30. The fourth-order valence-corrected chi connectivity index (χ4v) is 3.07. The zero-order valence-corrected chi connectivity index (χ0v) is 15.4. The Morgan fingerprint density at radius 1 is 1.26 bits per heavy atom. The van der Waals surface area contributed by atoms with Gasteiger partial charge in [0, 0.05) is 38.3 Å². The van der Waals surface area contributed by atoms with Crippen LogP contribution in [0, 0.1) is 5.92 Å². The van der Waals surface area contributed by atoms with Gasteiger partial charge >= 0.3 is 0 Å². The summed E-state index contributed by atoms with van der Waals surface area (Å²) >= 11 is 0. The topological polar surface area (TPSA) is 27.7 Å². The lowest BCUT2D eigenvalue weighted by Gasteiger charge is -2.39. The maximum Gasteiger partial charge on any atom is 0.119 e. The molecule has 4 nitrogen and oxygen atoms in total. The van der Waals surface area contributed by atoms with E-state index in [2.05, 4.69) is 74.2 Å². The van der Waals surface area contributed by atoms with E-state index in [1.54, 1.807) is 0 Å². The van der Waals surface area contributed by atoms with Crippen LogP contribution in [0.2, 0.25) is 0 Å². The van der Waals surface area contributed by atoms with E-state index in [1.165, 1.54) is 5.56 Å². The summed E-state index contributed by atoms with van der Waals surface area (Å²) in [6.07, 6.45) is 0. The Bertz CT molecular complexity index is 458. The molecule has 130 valence electrons. The molecule has 1 heterocycles. The molecular weight excluding hydrogens is 286 g/mol. The summed E-state index contributed by atoms with van der Waals surface area (Å²) in [5.74, 6) is 1.53. The van der Waals surface area contributed by atoms with Gasteiger partial charge in [-0.25, -0.2) is 0 Å². The SMILES string of the molecule is CC(C)COc1ccc(C(CN(C)C)N2CCNC(C)C2)cc1. The molecular formula is C19H33N3O. The summed E-state index contributed by atoms with van der Waals surface area (Å²) in [6, 6.07) is 9.70. The largest absolute Gasteiger partial charge is 0.493 e. The Hall–Kier alpha value is -1.10. The van der Waals surface area contributed by atoms with Crippen molar-refractivity contribution in [3.05, 3.63) is 29.8 Å². The molecule has 0 aliphatic carbocycles. The van der Waals surface area contributed by atoms with Crippen molar-refractivity contribution in [1.82, 2.24) is 15.1 Å². The quantitative estimate of drug-likeness (QED) is 0.836. The summed E-state index contributed by atoms with van der Waals surface area (Å²) in [5, 5.41) is 3.53. The normalized spacial score (nSPS) is 20.9. The average Bonchev–Trinajstić information content (AvgIpc) is 2.51. The molecule has 1 saturated heterocycles. The summed E-state index contributed by atoms with van der Waals surface area (Å²) in [6.45, 7) is 11.7. The van der Waals surface area contributed by atoms with Crippen molar-refractivity contribution >= 4 is 0 Å². The Labute approximate surface area is 141 Å². The molecule has 0 radical (unpaired) electrons. The molecule has 23 heavy (non-hydrogen) atoms. The number of ether oxygens (including phenoxy) is 1. The molecule has 1 aromatic carbocycles. The third-order valence-corrected chi connectivity index (χ3v) is 4.23. The number of nitrogens with one attached hydrogen (secondary N) is 1. The van der Waals surface area contributed by atoms with Crippen LogP contribution in [-0.2, 0) is 0 Å². The molecule has 1 N–H and O–H groups in total. The number of hydrogen-bond acceptors (Lipinski definition) is 4. The minimum Gasteiger partial charge on any atom is -0.493 e. The Morgan fingerprint density at radius 3 is 2.52 bits per heavy atom. The first-order valence-electron chi connectivity index (χ1n) is 8.80. The van der Waals surface area contributed by atoms with E-state index in [4.69, 9.17) is 4.74 Å². The van der Waals surface area contributed by atoms with Crippen molar-refractivity contribution in [2.45, 2.75) is 32.9 Å². The number of piperazine rings is 1. The van der Waals surface area contributed by atoms with Crippen molar-refractivity contribution in [3.63, 3.8) is 0 Å². The van der Waals surface area contributed by atoms with Crippen LogP contribution >= 0.6 is 0 Å². The second-order valence-corrected chi connectivity index (χ2v) is 7.40. The first kappa shape index (κ1) is 18.2. The molecule has 2 unspecified atom stereocenters. The molecule has 1 aliphatic rings. The standard InChI is InChI=1S/C19H33N3O/c1-15(2)14-23-18-8-6-17(7-9-18)19(13-21(4)5)22-11-10-20-16(3)12-22/h6-9,15-16,19-20H,10-14H2,1-5H3. The van der Waals surface area contributed by atoms with Crippen LogP contribution in [0.4, 0.5) is 0 Å². The first-order valence-corrected chi connectivity index (χ1v) is 8.80. The second-order valence-electron chi connectivity index (χ2n) is 7.40. The molecule has 2 atom stereocenters. The van der Waals surface area contributed by atoms with Crippen LogP contribution in [0.5, 0.6) is 5.75 Å². The van der Waals surface area contributed by atoms with Crippen LogP contribution in [0.15, 0.2) is 24.3 Å². The molecule has 4 heteroatoms. The highest BCUT2D eigenvalue weighted by Crippen LogP contribution is 2.25. The van der Waals surface area contributed by atoms with Gasteiger partial charge in [0.1, 0.15) is 5.75 Å². The highest BCUT2D eigenvalue weighted by molar-refractivity contribution is 5.29. The van der Waals surface area contributed by atoms with E-state index < -0.39 is 0 Å². The molecule has 0 spiro atoms. The van der Waals surface area contributed by atoms with Crippen LogP contribution < -0.4 is 10.1 Å². The van der Waals surface area contributed by atoms with Gasteiger partial charge in [0.2, 0.25) is 0 Å². The number of nitrogens with zero attached hydrogens (tertiary/aromatic N) is 2. The fraction of sp³-hybridized carbons (Fsp3) is 0.684. The lowest BCUT2D eigenvalue weighted by Crippen LogP contribution is -2.51. The predicted molar refractivity (Wildman–Crippen MR) is 97.1 cm³/mol. The van der Waals surface area contributed by atoms with E-state index in [1.807, 2.05) is 0 Å². The van der Waals surface area contributed by atoms with Gasteiger partial charge in [-0.05, 0) is 44.6 Å². The molecule has 1 aromatic rings. The number of benzene rings is 1. The van der Waals surface area contributed by atoms with E-state index in [0.29, 0.717) is 18.0 Å². The minimum atomic E-state index is 0.439. The molecule has 0 amide bonds. The van der Waals surface area contributed by atoms with Gasteiger partial charge in [0.25, 0.3) is 0 Å². The van der Waals surface area contributed by atoms with Gasteiger partial charge in [-0.15, -0.1) is 0 Å². The van der Waals surface area contributed by atoms with Crippen molar-refractivity contribution in [3.8, 4) is 5.75 Å². The van der Waals surface area contributed by atoms with E-state index in [0.717, 1.165) is 38.5 Å². The Kier molecular flexibility index (Phi) is 6.88. The third kappa shape index (κ3) is 5.79. The third-order valence-electron chi connectivity index (χ3n) is 4.23. The highest BCUT2D eigenvalue weighted by Gasteiger charge is 2.25. The predicted octanol–water partition coefficient (Wildman–Crippen LogP) is 2.62. The highest BCUT2D eigenvalue weighted by atomic mass is 16.5. The molecule has 0 saturated carbocycles. The second kappa shape index (κ2) is 8.67. The monoisotopic (exact) mass is 319 g/mol. The van der Waals surface area contributed by atoms with Crippen molar-refractivity contribution in [2.75, 3.05) is 46.9 Å². The molecule has 1 fully saturated rings. The lowest BCUT2D eigenvalue weighted by molar-refractivity contribution is 0.125. The van der Waals surface area contributed by atoms with E-state index in [-0.39, 0.29) is 0 Å². The van der Waals surface area contributed by atoms with Crippen LogP contribution in [0.25, 0.3) is 0 Å². The van der Waals surface area contributed by atoms with Crippen molar-refractivity contribution in [1.29, 1.82) is 0 Å². The van der Waals surface area contributed by atoms with Gasteiger partial charge in [0.15, 0.2) is 0 Å². The zero-order chi connectivity index (χ0) is 16.8. The Morgan fingerprint density at radius 2 is 1.96 bits per heavy atom. The number of rotatable bonds is 7. The van der Waals surface area contributed by atoms with Crippen molar-refractivity contribution in [2.24, 2.45) is 5.92 Å².